The summed E-state index contributed by atoms with van der Waals surface area (Å²) in [5.41, 5.74) is 0.987. The Hall–Kier alpha value is -1.49. The van der Waals surface area contributed by atoms with Crippen molar-refractivity contribution in [1.82, 2.24) is 10.2 Å². The van der Waals surface area contributed by atoms with Gasteiger partial charge in [0, 0.05) is 0 Å². The molecule has 0 saturated carbocycles. The Morgan fingerprint density at radius 2 is 2.43 bits per heavy atom. The summed E-state index contributed by atoms with van der Waals surface area (Å²) in [6, 6.07) is 1.73. The van der Waals surface area contributed by atoms with Crippen LogP contribution in [0.4, 0.5) is 5.82 Å². The Bertz CT molecular complexity index is 326. The van der Waals surface area contributed by atoms with Gasteiger partial charge in [-0.3, -0.25) is 4.79 Å². The lowest BCUT2D eigenvalue weighted by atomic mass is 10.2. The normalized spacial score (nSPS) is 12.2. The highest BCUT2D eigenvalue weighted by Crippen LogP contribution is 2.05. The molecule has 0 spiro atoms. The van der Waals surface area contributed by atoms with Crippen LogP contribution in [0, 0.1) is 0 Å². The molecule has 0 aliphatic rings. The van der Waals surface area contributed by atoms with E-state index in [2.05, 4.69) is 15.5 Å². The second-order valence-electron chi connectivity index (χ2n) is 2.97. The highest BCUT2D eigenvalue weighted by Gasteiger charge is 2.09. The van der Waals surface area contributed by atoms with Crippen LogP contribution in [-0.4, -0.2) is 27.3 Å². The third-order valence-corrected chi connectivity index (χ3v) is 1.75. The molecule has 5 nitrogen and oxygen atoms in total. The van der Waals surface area contributed by atoms with Gasteiger partial charge in [-0.2, -0.15) is 5.10 Å². The van der Waals surface area contributed by atoms with Gasteiger partial charge in [0.2, 0.25) is 0 Å². The van der Waals surface area contributed by atoms with E-state index in [1.165, 1.54) is 6.92 Å². The molecule has 0 radical (unpaired) electrons. The summed E-state index contributed by atoms with van der Waals surface area (Å²) < 4.78 is 0. The van der Waals surface area contributed by atoms with Crippen molar-refractivity contribution in [2.45, 2.75) is 26.4 Å². The number of carbonyl (C=O) groups is 1. The lowest BCUT2D eigenvalue weighted by Gasteiger charge is -2.05. The molecule has 0 fully saturated rings. The molecule has 1 aromatic rings. The largest absolute Gasteiger partial charge is 0.384 e. The summed E-state index contributed by atoms with van der Waals surface area (Å²) in [6.45, 7) is 3.38. The molecule has 0 aliphatic heterocycles. The Balaban J connectivity index is 2.72. The fourth-order valence-corrected chi connectivity index (χ4v) is 0.892. The fraction of sp³-hybridized carbons (Fsp3) is 0.444. The van der Waals surface area contributed by atoms with Gasteiger partial charge in [-0.15, -0.1) is 5.10 Å². The van der Waals surface area contributed by atoms with Crippen LogP contribution in [-0.2, 0) is 11.2 Å². The molecule has 0 aromatic carbocycles. The third-order valence-electron chi connectivity index (χ3n) is 1.75. The standard InChI is InChI=1S/C9H13N3O2/c1-3-7-4-8(12-10-5-7)11-9(14)6(2)13/h4-6,13H,3H2,1-2H3,(H,11,12,14). The molecule has 2 N–H and O–H groups in total. The zero-order chi connectivity index (χ0) is 10.6. The van der Waals surface area contributed by atoms with E-state index in [-0.39, 0.29) is 0 Å². The van der Waals surface area contributed by atoms with Crippen molar-refractivity contribution in [3.05, 3.63) is 17.8 Å². The summed E-state index contributed by atoms with van der Waals surface area (Å²) in [6.07, 6.45) is 1.42. The van der Waals surface area contributed by atoms with Crippen LogP contribution in [0.3, 0.4) is 0 Å². The van der Waals surface area contributed by atoms with Crippen LogP contribution >= 0.6 is 0 Å². The number of rotatable bonds is 3. The number of aryl methyl sites for hydroxylation is 1. The average molecular weight is 195 g/mol. The summed E-state index contributed by atoms with van der Waals surface area (Å²) in [5.74, 6) is -0.109. The highest BCUT2D eigenvalue weighted by molar-refractivity contribution is 5.92. The van der Waals surface area contributed by atoms with E-state index in [4.69, 9.17) is 5.11 Å². The van der Waals surface area contributed by atoms with E-state index in [0.717, 1.165) is 12.0 Å². The first-order valence-corrected chi connectivity index (χ1v) is 4.44. The maximum absolute atomic E-state index is 11.1. The van der Waals surface area contributed by atoms with Crippen molar-refractivity contribution in [3.63, 3.8) is 0 Å². The smallest absolute Gasteiger partial charge is 0.254 e. The number of amides is 1. The number of aromatic nitrogens is 2. The molecule has 1 atom stereocenters. The van der Waals surface area contributed by atoms with Crippen molar-refractivity contribution in [2.75, 3.05) is 5.32 Å². The van der Waals surface area contributed by atoms with Crippen LogP contribution in [0.25, 0.3) is 0 Å². The van der Waals surface area contributed by atoms with E-state index in [9.17, 15) is 4.79 Å². The summed E-state index contributed by atoms with van der Waals surface area (Å²) in [4.78, 5) is 11.1. The molecule has 0 bridgehead atoms. The predicted molar refractivity (Wildman–Crippen MR) is 51.7 cm³/mol. The average Bonchev–Trinajstić information content (AvgIpc) is 2.18. The quantitative estimate of drug-likeness (QED) is 0.730. The first kappa shape index (κ1) is 10.6. The van der Waals surface area contributed by atoms with Crippen LogP contribution in [0.1, 0.15) is 19.4 Å². The van der Waals surface area contributed by atoms with Crippen LogP contribution in [0.15, 0.2) is 12.3 Å². The van der Waals surface area contributed by atoms with Gasteiger partial charge in [-0.05, 0) is 25.0 Å². The van der Waals surface area contributed by atoms with Gasteiger partial charge in [-0.1, -0.05) is 6.92 Å². The first-order chi connectivity index (χ1) is 6.63. The molecule has 1 amide bonds. The number of hydrogen-bond acceptors (Lipinski definition) is 4. The number of carbonyl (C=O) groups excluding carboxylic acids is 1. The summed E-state index contributed by atoms with van der Waals surface area (Å²) in [7, 11) is 0. The summed E-state index contributed by atoms with van der Waals surface area (Å²) in [5, 5.41) is 18.8. The Morgan fingerprint density at radius 3 is 3.00 bits per heavy atom. The van der Waals surface area contributed by atoms with Crippen molar-refractivity contribution in [3.8, 4) is 0 Å². The number of nitrogens with zero attached hydrogens (tertiary/aromatic N) is 2. The van der Waals surface area contributed by atoms with Gasteiger partial charge in [0.1, 0.15) is 6.10 Å². The molecule has 1 unspecified atom stereocenters. The molecule has 0 aliphatic carbocycles. The highest BCUT2D eigenvalue weighted by atomic mass is 16.3. The first-order valence-electron chi connectivity index (χ1n) is 4.44. The fourth-order valence-electron chi connectivity index (χ4n) is 0.892. The zero-order valence-electron chi connectivity index (χ0n) is 8.19. The predicted octanol–water partition coefficient (Wildman–Crippen LogP) is 0.358. The topological polar surface area (TPSA) is 75.1 Å². The minimum absolute atomic E-state index is 0.371. The second kappa shape index (κ2) is 4.66. The molecule has 76 valence electrons. The minimum atomic E-state index is -1.04. The van der Waals surface area contributed by atoms with Crippen molar-refractivity contribution in [2.24, 2.45) is 0 Å². The maximum Gasteiger partial charge on any atom is 0.254 e. The van der Waals surface area contributed by atoms with Gasteiger partial charge >= 0.3 is 0 Å². The summed E-state index contributed by atoms with van der Waals surface area (Å²) >= 11 is 0. The van der Waals surface area contributed by atoms with Crippen molar-refractivity contribution >= 4 is 11.7 Å². The number of anilines is 1. The van der Waals surface area contributed by atoms with Crippen LogP contribution in [0.5, 0.6) is 0 Å². The van der Waals surface area contributed by atoms with E-state index >= 15 is 0 Å². The third kappa shape index (κ3) is 2.77. The van der Waals surface area contributed by atoms with Gasteiger partial charge < -0.3 is 10.4 Å². The number of aliphatic hydroxyl groups excluding tert-OH is 1. The van der Waals surface area contributed by atoms with Gasteiger partial charge in [0.15, 0.2) is 5.82 Å². The molecule has 1 heterocycles. The molecule has 14 heavy (non-hydrogen) atoms. The molecule has 0 saturated heterocycles. The Labute approximate surface area is 82.2 Å². The number of aliphatic hydroxyl groups is 1. The zero-order valence-corrected chi connectivity index (χ0v) is 8.19. The van der Waals surface area contributed by atoms with Crippen LogP contribution in [0.2, 0.25) is 0 Å². The van der Waals surface area contributed by atoms with Gasteiger partial charge in [0.05, 0.1) is 6.20 Å². The van der Waals surface area contributed by atoms with E-state index in [1.54, 1.807) is 12.3 Å². The monoisotopic (exact) mass is 195 g/mol. The van der Waals surface area contributed by atoms with Gasteiger partial charge in [0.25, 0.3) is 5.91 Å². The SMILES string of the molecule is CCc1cnnc(NC(=O)C(C)O)c1. The van der Waals surface area contributed by atoms with E-state index in [0.29, 0.717) is 5.82 Å². The maximum atomic E-state index is 11.1. The molecular weight excluding hydrogens is 182 g/mol. The van der Waals surface area contributed by atoms with E-state index in [1.807, 2.05) is 6.92 Å². The Kier molecular flexibility index (Phi) is 3.53. The van der Waals surface area contributed by atoms with Crippen molar-refractivity contribution in [1.29, 1.82) is 0 Å². The second-order valence-corrected chi connectivity index (χ2v) is 2.97. The lowest BCUT2D eigenvalue weighted by molar-refractivity contribution is -0.123. The molecule has 1 rings (SSSR count). The number of hydrogen-bond donors (Lipinski definition) is 2. The molecule has 1 aromatic heterocycles. The van der Waals surface area contributed by atoms with E-state index < -0.39 is 12.0 Å². The number of nitrogens with one attached hydrogen (secondary N) is 1. The molecule has 5 heteroatoms. The lowest BCUT2D eigenvalue weighted by Crippen LogP contribution is -2.25. The molecular formula is C9H13N3O2. The van der Waals surface area contributed by atoms with Crippen molar-refractivity contribution < 1.29 is 9.90 Å². The van der Waals surface area contributed by atoms with Crippen LogP contribution < -0.4 is 5.32 Å². The van der Waals surface area contributed by atoms with Gasteiger partial charge in [-0.25, -0.2) is 0 Å². The Morgan fingerprint density at radius 1 is 1.71 bits per heavy atom. The minimum Gasteiger partial charge on any atom is -0.384 e.